The number of rotatable bonds is 3. The van der Waals surface area contributed by atoms with Crippen LogP contribution in [0.4, 0.5) is 0 Å². The molecule has 2 rings (SSSR count). The third kappa shape index (κ3) is 5.43. The first-order valence-electron chi connectivity index (χ1n) is 5.57. The van der Waals surface area contributed by atoms with E-state index in [1.54, 1.807) is 0 Å². The highest BCUT2D eigenvalue weighted by Crippen LogP contribution is 2.15. The molecule has 0 saturated carbocycles. The molecule has 84 valence electrons. The van der Waals surface area contributed by atoms with E-state index in [0.29, 0.717) is 12.7 Å². The van der Waals surface area contributed by atoms with Gasteiger partial charge in [0.1, 0.15) is 18.5 Å². The molecule has 0 N–H and O–H groups in total. The molecule has 1 aromatic rings. The van der Waals surface area contributed by atoms with E-state index >= 15 is 0 Å². The van der Waals surface area contributed by atoms with Crippen LogP contribution in [0.15, 0.2) is 24.3 Å². The van der Waals surface area contributed by atoms with Gasteiger partial charge in [0.05, 0.1) is 6.61 Å². The topological polar surface area (TPSA) is 21.8 Å². The number of aryl methyl sites for hydroxylation is 1. The second kappa shape index (κ2) is 6.46. The van der Waals surface area contributed by atoms with Crippen molar-refractivity contribution in [3.8, 4) is 5.75 Å². The lowest BCUT2D eigenvalue weighted by molar-refractivity contribution is 0.263. The first-order chi connectivity index (χ1) is 7.26. The zero-order valence-corrected chi connectivity index (χ0v) is 9.82. The van der Waals surface area contributed by atoms with Crippen molar-refractivity contribution >= 4 is 0 Å². The van der Waals surface area contributed by atoms with E-state index in [9.17, 15) is 0 Å². The van der Waals surface area contributed by atoms with E-state index in [1.807, 2.05) is 24.3 Å². The molecule has 1 aliphatic rings. The number of hydrogen-bond acceptors (Lipinski definition) is 2. The molecule has 0 amide bonds. The molecule has 1 saturated heterocycles. The van der Waals surface area contributed by atoms with Crippen LogP contribution in [-0.2, 0) is 4.74 Å². The van der Waals surface area contributed by atoms with Crippen molar-refractivity contribution in [1.82, 2.24) is 0 Å². The van der Waals surface area contributed by atoms with Gasteiger partial charge in [-0.25, -0.2) is 0 Å². The molecule has 0 radical (unpaired) electrons. The lowest BCUT2D eigenvalue weighted by Crippen LogP contribution is -2.03. The maximum Gasteiger partial charge on any atom is 0.119 e. The molecule has 1 atom stereocenters. The van der Waals surface area contributed by atoms with Gasteiger partial charge < -0.3 is 9.47 Å². The molecular weight excluding hydrogens is 188 g/mol. The smallest absolute Gasteiger partial charge is 0.119 e. The van der Waals surface area contributed by atoms with Crippen molar-refractivity contribution < 1.29 is 9.47 Å². The standard InChI is InChI=1S/C10H12O2.C3H8/c1-8-2-4-9(5-3-8)11-6-10-7-12-10;1-3-2/h2-5,10H,6-7H2,1H3;3H2,1-2H3. The Kier molecular flexibility index (Phi) is 5.19. The fourth-order valence-corrected chi connectivity index (χ4v) is 0.988. The quantitative estimate of drug-likeness (QED) is 0.711. The average Bonchev–Trinajstić information content (AvgIpc) is 3.02. The average molecular weight is 208 g/mol. The summed E-state index contributed by atoms with van der Waals surface area (Å²) in [6.07, 6.45) is 1.59. The van der Waals surface area contributed by atoms with E-state index in [0.717, 1.165) is 12.4 Å². The highest BCUT2D eigenvalue weighted by atomic mass is 16.6. The van der Waals surface area contributed by atoms with E-state index in [-0.39, 0.29) is 0 Å². The predicted octanol–water partition coefficient (Wildman–Crippen LogP) is 3.19. The second-order valence-corrected chi connectivity index (χ2v) is 3.79. The van der Waals surface area contributed by atoms with Crippen LogP contribution in [0.3, 0.4) is 0 Å². The Hall–Kier alpha value is -1.02. The second-order valence-electron chi connectivity index (χ2n) is 3.79. The summed E-state index contributed by atoms with van der Waals surface area (Å²) < 4.78 is 10.5. The van der Waals surface area contributed by atoms with Gasteiger partial charge in [-0.3, -0.25) is 0 Å². The summed E-state index contributed by atoms with van der Waals surface area (Å²) in [6, 6.07) is 8.06. The van der Waals surface area contributed by atoms with Gasteiger partial charge in [-0.05, 0) is 19.1 Å². The monoisotopic (exact) mass is 208 g/mol. The molecule has 1 fully saturated rings. The van der Waals surface area contributed by atoms with Gasteiger partial charge in [-0.2, -0.15) is 0 Å². The Bertz CT molecular complexity index is 262. The van der Waals surface area contributed by atoms with Crippen LogP contribution < -0.4 is 4.74 Å². The number of epoxide rings is 1. The van der Waals surface area contributed by atoms with E-state index in [1.165, 1.54) is 12.0 Å². The van der Waals surface area contributed by atoms with Gasteiger partial charge in [0.2, 0.25) is 0 Å². The summed E-state index contributed by atoms with van der Waals surface area (Å²) in [7, 11) is 0. The van der Waals surface area contributed by atoms with Crippen LogP contribution in [0.25, 0.3) is 0 Å². The Labute approximate surface area is 92.2 Å². The fourth-order valence-electron chi connectivity index (χ4n) is 0.988. The molecule has 1 unspecified atom stereocenters. The van der Waals surface area contributed by atoms with Crippen LogP contribution in [-0.4, -0.2) is 19.3 Å². The molecule has 0 aliphatic carbocycles. The van der Waals surface area contributed by atoms with E-state index in [4.69, 9.17) is 9.47 Å². The fraction of sp³-hybridized carbons (Fsp3) is 0.538. The van der Waals surface area contributed by atoms with E-state index in [2.05, 4.69) is 20.8 Å². The third-order valence-corrected chi connectivity index (χ3v) is 1.86. The van der Waals surface area contributed by atoms with Gasteiger partial charge in [0.25, 0.3) is 0 Å². The molecule has 0 bridgehead atoms. The minimum Gasteiger partial charge on any atom is -0.491 e. The molecule has 1 aromatic carbocycles. The van der Waals surface area contributed by atoms with Gasteiger partial charge in [-0.1, -0.05) is 38.0 Å². The van der Waals surface area contributed by atoms with Crippen molar-refractivity contribution in [2.24, 2.45) is 0 Å². The Morgan fingerprint density at radius 3 is 2.27 bits per heavy atom. The minimum atomic E-state index is 0.339. The number of ether oxygens (including phenoxy) is 2. The van der Waals surface area contributed by atoms with Crippen molar-refractivity contribution in [1.29, 1.82) is 0 Å². The first kappa shape index (κ1) is 12.1. The summed E-state index contributed by atoms with van der Waals surface area (Å²) in [4.78, 5) is 0. The maximum absolute atomic E-state index is 5.46. The van der Waals surface area contributed by atoms with Gasteiger partial charge in [0.15, 0.2) is 0 Å². The van der Waals surface area contributed by atoms with Crippen LogP contribution >= 0.6 is 0 Å². The van der Waals surface area contributed by atoms with Crippen LogP contribution in [0.5, 0.6) is 5.75 Å². The Morgan fingerprint density at radius 2 is 1.80 bits per heavy atom. The van der Waals surface area contributed by atoms with Gasteiger partial charge in [-0.15, -0.1) is 0 Å². The molecule has 15 heavy (non-hydrogen) atoms. The molecule has 1 heterocycles. The molecule has 1 aliphatic heterocycles. The summed E-state index contributed by atoms with van der Waals surface area (Å²) in [6.45, 7) is 7.85. The molecule has 2 nitrogen and oxygen atoms in total. The van der Waals surface area contributed by atoms with Crippen LogP contribution in [0.2, 0.25) is 0 Å². The largest absolute Gasteiger partial charge is 0.491 e. The Morgan fingerprint density at radius 1 is 1.27 bits per heavy atom. The van der Waals surface area contributed by atoms with E-state index < -0.39 is 0 Å². The number of hydrogen-bond donors (Lipinski definition) is 0. The Balaban J connectivity index is 0.000000337. The summed E-state index contributed by atoms with van der Waals surface area (Å²) in [5.41, 5.74) is 1.25. The zero-order chi connectivity index (χ0) is 11.1. The van der Waals surface area contributed by atoms with Crippen LogP contribution in [0, 0.1) is 6.92 Å². The predicted molar refractivity (Wildman–Crippen MR) is 62.4 cm³/mol. The SMILES string of the molecule is CCC.Cc1ccc(OCC2CO2)cc1. The normalized spacial score (nSPS) is 17.7. The van der Waals surface area contributed by atoms with Gasteiger partial charge in [0, 0.05) is 0 Å². The highest BCUT2D eigenvalue weighted by Gasteiger charge is 2.22. The molecule has 0 aromatic heterocycles. The third-order valence-electron chi connectivity index (χ3n) is 1.86. The van der Waals surface area contributed by atoms with Crippen LogP contribution in [0.1, 0.15) is 25.8 Å². The van der Waals surface area contributed by atoms with Crippen molar-refractivity contribution in [3.05, 3.63) is 29.8 Å². The van der Waals surface area contributed by atoms with Crippen molar-refractivity contribution in [2.75, 3.05) is 13.2 Å². The summed E-state index contributed by atoms with van der Waals surface area (Å²) in [5, 5.41) is 0. The van der Waals surface area contributed by atoms with Gasteiger partial charge >= 0.3 is 0 Å². The number of benzene rings is 1. The maximum atomic E-state index is 5.46. The van der Waals surface area contributed by atoms with Crippen molar-refractivity contribution in [2.45, 2.75) is 33.3 Å². The van der Waals surface area contributed by atoms with Crippen molar-refractivity contribution in [3.63, 3.8) is 0 Å². The molecule has 2 heteroatoms. The highest BCUT2D eigenvalue weighted by molar-refractivity contribution is 5.26. The summed E-state index contributed by atoms with van der Waals surface area (Å²) >= 11 is 0. The lowest BCUT2D eigenvalue weighted by Gasteiger charge is -2.03. The molecule has 0 spiro atoms. The lowest BCUT2D eigenvalue weighted by atomic mass is 10.2. The first-order valence-corrected chi connectivity index (χ1v) is 5.57. The zero-order valence-electron chi connectivity index (χ0n) is 9.82. The summed E-state index contributed by atoms with van der Waals surface area (Å²) in [5.74, 6) is 0.927. The minimum absolute atomic E-state index is 0.339. The molecular formula is C13H20O2.